The second-order valence-corrected chi connectivity index (χ2v) is 4.50. The van der Waals surface area contributed by atoms with E-state index in [-0.39, 0.29) is 17.0 Å². The third-order valence-electron chi connectivity index (χ3n) is 2.96. The zero-order chi connectivity index (χ0) is 14.2. The van der Waals surface area contributed by atoms with Crippen LogP contribution >= 0.6 is 0 Å². The van der Waals surface area contributed by atoms with Crippen molar-refractivity contribution in [3.63, 3.8) is 0 Å². The number of phenolic OH excluding ortho intramolecular Hbond substituents is 1. The second-order valence-electron chi connectivity index (χ2n) is 4.50. The fourth-order valence-corrected chi connectivity index (χ4v) is 1.80. The highest BCUT2D eigenvalue weighted by Gasteiger charge is 2.11. The summed E-state index contributed by atoms with van der Waals surface area (Å²) < 4.78 is 13.8. The molecular weight excluding hydrogens is 243 g/mol. The third-order valence-corrected chi connectivity index (χ3v) is 2.96. The summed E-state index contributed by atoms with van der Waals surface area (Å²) in [5.41, 5.74) is 7.49. The number of rotatable bonds is 2. The number of nitrogens with zero attached hydrogens (tertiary/aromatic N) is 1. The molecule has 0 aliphatic rings. The van der Waals surface area contributed by atoms with E-state index in [1.54, 1.807) is 26.0 Å². The van der Waals surface area contributed by atoms with Gasteiger partial charge in [0, 0.05) is 5.39 Å². The van der Waals surface area contributed by atoms with Crippen molar-refractivity contribution in [3.05, 3.63) is 47.8 Å². The van der Waals surface area contributed by atoms with E-state index >= 15 is 0 Å². The molecule has 0 aliphatic heterocycles. The summed E-state index contributed by atoms with van der Waals surface area (Å²) >= 11 is 0. The Bertz CT molecular complexity index is 705. The molecule has 98 valence electrons. The van der Waals surface area contributed by atoms with Crippen LogP contribution in [0.1, 0.15) is 12.5 Å². The Morgan fingerprint density at radius 1 is 1.32 bits per heavy atom. The van der Waals surface area contributed by atoms with Crippen molar-refractivity contribution in [3.8, 4) is 5.75 Å². The van der Waals surface area contributed by atoms with Gasteiger partial charge in [-0.05, 0) is 37.1 Å². The van der Waals surface area contributed by atoms with Crippen LogP contribution in [-0.2, 0) is 0 Å². The maximum absolute atomic E-state index is 13.8. The van der Waals surface area contributed by atoms with Crippen molar-refractivity contribution >= 4 is 22.3 Å². The zero-order valence-corrected chi connectivity index (χ0v) is 10.9. The molecule has 0 spiro atoms. The molecule has 2 aromatic carbocycles. The number of fused-ring (bicyclic) bond motifs is 1. The molecule has 0 amide bonds. The van der Waals surface area contributed by atoms with E-state index in [1.807, 2.05) is 0 Å². The number of hydrogen-bond acceptors (Lipinski definition) is 2. The highest BCUT2D eigenvalue weighted by atomic mass is 19.1. The molecule has 2 rings (SSSR count). The maximum Gasteiger partial charge on any atom is 0.134 e. The van der Waals surface area contributed by atoms with E-state index in [4.69, 9.17) is 5.73 Å². The fourth-order valence-electron chi connectivity index (χ4n) is 1.80. The number of amidine groups is 1. The van der Waals surface area contributed by atoms with E-state index in [0.717, 1.165) is 0 Å². The third kappa shape index (κ3) is 2.29. The molecule has 0 bridgehead atoms. The van der Waals surface area contributed by atoms with Gasteiger partial charge in [-0.1, -0.05) is 18.7 Å². The number of aliphatic imine (C=N–C) groups is 1. The molecule has 0 aliphatic carbocycles. The number of phenols is 1. The SMILES string of the molecule is C=C(C)C(N)=Nc1ccc(F)c2c(O)c(C)ccc12. The van der Waals surface area contributed by atoms with Crippen molar-refractivity contribution in [2.24, 2.45) is 10.7 Å². The van der Waals surface area contributed by atoms with Crippen molar-refractivity contribution in [2.45, 2.75) is 13.8 Å². The summed E-state index contributed by atoms with van der Waals surface area (Å²) in [6, 6.07) is 6.24. The Labute approximate surface area is 110 Å². The highest BCUT2D eigenvalue weighted by Crippen LogP contribution is 2.36. The van der Waals surface area contributed by atoms with Crippen molar-refractivity contribution in [2.75, 3.05) is 0 Å². The number of hydrogen-bond donors (Lipinski definition) is 2. The van der Waals surface area contributed by atoms with Crippen LogP contribution in [0, 0.1) is 12.7 Å². The first kappa shape index (κ1) is 13.1. The van der Waals surface area contributed by atoms with Crippen LogP contribution in [0.2, 0.25) is 0 Å². The van der Waals surface area contributed by atoms with E-state index in [2.05, 4.69) is 11.6 Å². The highest BCUT2D eigenvalue weighted by molar-refractivity contribution is 6.03. The van der Waals surface area contributed by atoms with Crippen molar-refractivity contribution in [1.82, 2.24) is 0 Å². The molecule has 0 aromatic heterocycles. The monoisotopic (exact) mass is 258 g/mol. The van der Waals surface area contributed by atoms with Gasteiger partial charge < -0.3 is 10.8 Å². The number of aryl methyl sites for hydroxylation is 1. The molecule has 0 heterocycles. The van der Waals surface area contributed by atoms with Gasteiger partial charge in [0.25, 0.3) is 0 Å². The maximum atomic E-state index is 13.8. The minimum absolute atomic E-state index is 0.0686. The predicted molar refractivity (Wildman–Crippen MR) is 76.4 cm³/mol. The summed E-state index contributed by atoms with van der Waals surface area (Å²) in [5.74, 6) is -0.266. The molecule has 0 saturated carbocycles. The van der Waals surface area contributed by atoms with Crippen LogP contribution in [0.4, 0.5) is 10.1 Å². The summed E-state index contributed by atoms with van der Waals surface area (Å²) in [5, 5.41) is 10.7. The molecule has 4 heteroatoms. The first-order chi connectivity index (χ1) is 8.91. The average molecular weight is 258 g/mol. The standard InChI is InChI=1S/C15H15FN2O/c1-8(2)15(17)18-12-7-6-11(16)13-10(12)5-4-9(3)14(13)19/h4-7,19H,1H2,2-3H3,(H2,17,18). The van der Waals surface area contributed by atoms with Gasteiger partial charge in [-0.3, -0.25) is 0 Å². The van der Waals surface area contributed by atoms with Gasteiger partial charge in [-0.15, -0.1) is 0 Å². The second kappa shape index (κ2) is 4.72. The van der Waals surface area contributed by atoms with Gasteiger partial charge in [0.1, 0.15) is 17.4 Å². The molecule has 0 unspecified atom stereocenters. The zero-order valence-electron chi connectivity index (χ0n) is 10.9. The minimum Gasteiger partial charge on any atom is -0.507 e. The van der Waals surface area contributed by atoms with Gasteiger partial charge in [-0.25, -0.2) is 9.38 Å². The Kier molecular flexibility index (Phi) is 3.25. The topological polar surface area (TPSA) is 58.6 Å². The van der Waals surface area contributed by atoms with E-state index in [0.29, 0.717) is 22.2 Å². The van der Waals surface area contributed by atoms with Gasteiger partial charge in [0.05, 0.1) is 11.1 Å². The number of halogens is 1. The predicted octanol–water partition coefficient (Wildman–Crippen LogP) is 3.56. The van der Waals surface area contributed by atoms with E-state index in [1.165, 1.54) is 12.1 Å². The van der Waals surface area contributed by atoms with Crippen molar-refractivity contribution < 1.29 is 9.50 Å². The number of benzene rings is 2. The Hall–Kier alpha value is -2.36. The lowest BCUT2D eigenvalue weighted by molar-refractivity contribution is 0.474. The fraction of sp³-hybridized carbons (Fsp3) is 0.133. The number of nitrogens with two attached hydrogens (primary N) is 1. The smallest absolute Gasteiger partial charge is 0.134 e. The van der Waals surface area contributed by atoms with Gasteiger partial charge in [0.15, 0.2) is 0 Å². The Morgan fingerprint density at radius 3 is 2.63 bits per heavy atom. The first-order valence-electron chi connectivity index (χ1n) is 5.82. The molecule has 19 heavy (non-hydrogen) atoms. The molecule has 3 N–H and O–H groups in total. The van der Waals surface area contributed by atoms with Crippen LogP contribution in [0.3, 0.4) is 0 Å². The van der Waals surface area contributed by atoms with Crippen LogP contribution in [-0.4, -0.2) is 10.9 Å². The van der Waals surface area contributed by atoms with Crippen LogP contribution < -0.4 is 5.73 Å². The van der Waals surface area contributed by atoms with Gasteiger partial charge >= 0.3 is 0 Å². The molecule has 0 fully saturated rings. The van der Waals surface area contributed by atoms with Crippen LogP contribution in [0.15, 0.2) is 41.4 Å². The van der Waals surface area contributed by atoms with Crippen molar-refractivity contribution in [1.29, 1.82) is 0 Å². The summed E-state index contributed by atoms with van der Waals surface area (Å²) in [7, 11) is 0. The molecule has 0 atom stereocenters. The summed E-state index contributed by atoms with van der Waals surface area (Å²) in [4.78, 5) is 4.22. The lowest BCUT2D eigenvalue weighted by Crippen LogP contribution is -2.11. The molecule has 0 saturated heterocycles. The Balaban J connectivity index is 2.79. The molecular formula is C15H15FN2O. The van der Waals surface area contributed by atoms with Crippen LogP contribution in [0.25, 0.3) is 10.8 Å². The van der Waals surface area contributed by atoms with Crippen LogP contribution in [0.5, 0.6) is 5.75 Å². The largest absolute Gasteiger partial charge is 0.507 e. The van der Waals surface area contributed by atoms with E-state index in [9.17, 15) is 9.50 Å². The van der Waals surface area contributed by atoms with Gasteiger partial charge in [-0.2, -0.15) is 0 Å². The summed E-state index contributed by atoms with van der Waals surface area (Å²) in [6.45, 7) is 7.16. The lowest BCUT2D eigenvalue weighted by Gasteiger charge is -2.08. The molecule has 2 aromatic rings. The summed E-state index contributed by atoms with van der Waals surface area (Å²) in [6.07, 6.45) is 0. The lowest BCUT2D eigenvalue weighted by atomic mass is 10.0. The molecule has 3 nitrogen and oxygen atoms in total. The average Bonchev–Trinajstić information content (AvgIpc) is 2.36. The number of aromatic hydroxyl groups is 1. The normalized spacial score (nSPS) is 11.8. The Morgan fingerprint density at radius 2 is 2.00 bits per heavy atom. The minimum atomic E-state index is -0.482. The quantitative estimate of drug-likeness (QED) is 0.639. The van der Waals surface area contributed by atoms with Gasteiger partial charge in [0.2, 0.25) is 0 Å². The first-order valence-corrected chi connectivity index (χ1v) is 5.82. The molecule has 0 radical (unpaired) electrons. The van der Waals surface area contributed by atoms with E-state index < -0.39 is 5.82 Å².